The van der Waals surface area contributed by atoms with Gasteiger partial charge in [0.2, 0.25) is 0 Å². The smallest absolute Gasteiger partial charge is 0 e. The molecule has 0 spiro atoms. The molecule has 0 bridgehead atoms. The summed E-state index contributed by atoms with van der Waals surface area (Å²) in [5, 5.41) is 0. The van der Waals surface area contributed by atoms with Gasteiger partial charge in [0.05, 0.1) is 0 Å². The van der Waals surface area contributed by atoms with E-state index >= 15 is 0 Å². The van der Waals surface area contributed by atoms with E-state index in [0.717, 1.165) is 0 Å². The maximum atomic E-state index is 0. The second-order valence-electron chi connectivity index (χ2n) is 0. The van der Waals surface area contributed by atoms with Crippen molar-refractivity contribution in [1.82, 2.24) is 0 Å². The Morgan fingerprint density at radius 3 is 1.00 bits per heavy atom. The summed E-state index contributed by atoms with van der Waals surface area (Å²) in [7, 11) is 0. The van der Waals surface area contributed by atoms with E-state index in [1.165, 1.54) is 0 Å². The van der Waals surface area contributed by atoms with Crippen molar-refractivity contribution in [3.63, 3.8) is 0 Å². The Morgan fingerprint density at radius 2 is 1.00 bits per heavy atom. The molecule has 4 heavy (non-hydrogen) atoms. The molecule has 0 rings (SSSR count). The normalized spacial score (nSPS) is 0. The van der Waals surface area contributed by atoms with Crippen LogP contribution < -0.4 is 0 Å². The predicted octanol–water partition coefficient (Wildman–Crippen LogP) is -0.767. The molecule has 0 aliphatic rings. The molecular formula is AgAlBTi. The number of rotatable bonds is 0. The van der Waals surface area contributed by atoms with Crippen LogP contribution in [0, 0.1) is 0 Å². The standard InChI is InChI=1S/Ag.Al.B.Ti. The molecule has 0 fully saturated rings. The minimum atomic E-state index is 0. The van der Waals surface area contributed by atoms with E-state index in [-0.39, 0.29) is 69.9 Å². The van der Waals surface area contributed by atoms with Crippen molar-refractivity contribution in [3.05, 3.63) is 0 Å². The van der Waals surface area contributed by atoms with Gasteiger partial charge in [-0.05, 0) is 0 Å². The molecule has 0 saturated heterocycles. The molecule has 0 amide bonds. The molecule has 0 aromatic carbocycles. The Morgan fingerprint density at radius 1 is 1.00 bits per heavy atom. The molecule has 0 atom stereocenters. The van der Waals surface area contributed by atoms with E-state index in [9.17, 15) is 0 Å². The van der Waals surface area contributed by atoms with Crippen LogP contribution in [0.5, 0.6) is 0 Å². The molecule has 0 unspecified atom stereocenters. The maximum absolute atomic E-state index is 0. The van der Waals surface area contributed by atoms with Crippen LogP contribution in [-0.2, 0) is 44.1 Å². The molecule has 0 heterocycles. The van der Waals surface area contributed by atoms with Crippen molar-refractivity contribution in [3.8, 4) is 0 Å². The van der Waals surface area contributed by atoms with Gasteiger partial charge in [0.1, 0.15) is 0 Å². The molecule has 0 N–H and O–H groups in total. The van der Waals surface area contributed by atoms with E-state index < -0.39 is 0 Å². The SMILES string of the molecule is [Ag].[Al].[B].[Ti]. The van der Waals surface area contributed by atoms with Crippen LogP contribution >= 0.6 is 0 Å². The molecular weight excluding hydrogens is 194 g/mol. The van der Waals surface area contributed by atoms with Gasteiger partial charge < -0.3 is 0 Å². The third kappa shape index (κ3) is 8.96. The quantitative estimate of drug-likeness (QED) is 0.444. The zero-order chi connectivity index (χ0) is 0. The van der Waals surface area contributed by atoms with Gasteiger partial charge in [0, 0.05) is 69.9 Å². The van der Waals surface area contributed by atoms with E-state index in [1.807, 2.05) is 0 Å². The van der Waals surface area contributed by atoms with E-state index in [1.54, 1.807) is 0 Å². The molecule has 0 aliphatic carbocycles. The summed E-state index contributed by atoms with van der Waals surface area (Å²) < 4.78 is 0. The summed E-state index contributed by atoms with van der Waals surface area (Å²) in [6.07, 6.45) is 0. The summed E-state index contributed by atoms with van der Waals surface area (Å²) in [6, 6.07) is 0. The van der Waals surface area contributed by atoms with Crippen LogP contribution in [0.15, 0.2) is 0 Å². The molecule has 0 saturated carbocycles. The van der Waals surface area contributed by atoms with Crippen LogP contribution in [0.25, 0.3) is 0 Å². The summed E-state index contributed by atoms with van der Waals surface area (Å²) in [5.74, 6) is 0. The summed E-state index contributed by atoms with van der Waals surface area (Å²) in [4.78, 5) is 0. The average Bonchev–Trinajstić information content (AvgIpc) is 0. The first-order valence-electron chi connectivity index (χ1n) is 0. The summed E-state index contributed by atoms with van der Waals surface area (Å²) in [6.45, 7) is 0. The van der Waals surface area contributed by atoms with Crippen molar-refractivity contribution >= 4 is 25.8 Å². The average molecular weight is 194 g/mol. The molecule has 0 aliphatic heterocycles. The Balaban J connectivity index is 0. The molecule has 21 valence electrons. The predicted molar refractivity (Wildman–Crippen MR) is 11.5 cm³/mol. The van der Waals surface area contributed by atoms with Gasteiger partial charge in [-0.1, -0.05) is 0 Å². The van der Waals surface area contributed by atoms with Crippen molar-refractivity contribution in [2.45, 2.75) is 0 Å². The first-order chi connectivity index (χ1) is 0. The van der Waals surface area contributed by atoms with Gasteiger partial charge >= 0.3 is 0 Å². The Labute approximate surface area is 69.2 Å². The number of hydrogen-bond donors (Lipinski definition) is 0. The van der Waals surface area contributed by atoms with Crippen molar-refractivity contribution in [2.24, 2.45) is 0 Å². The van der Waals surface area contributed by atoms with Gasteiger partial charge in [-0.3, -0.25) is 0 Å². The van der Waals surface area contributed by atoms with Gasteiger partial charge in [0.15, 0.2) is 0 Å². The second-order valence-corrected chi connectivity index (χ2v) is 0. The van der Waals surface area contributed by atoms with Crippen LogP contribution in [0.3, 0.4) is 0 Å². The third-order valence-corrected chi connectivity index (χ3v) is 0. The molecule has 0 aromatic rings. The minimum absolute atomic E-state index is 0. The monoisotopic (exact) mass is 193 g/mol. The van der Waals surface area contributed by atoms with Crippen LogP contribution in [0.4, 0.5) is 0 Å². The Bertz CT molecular complexity index is 8.00. The van der Waals surface area contributed by atoms with Crippen molar-refractivity contribution in [1.29, 1.82) is 0 Å². The second kappa shape index (κ2) is 19.7. The zero-order valence-corrected chi connectivity index (χ0v) is 6.15. The first-order valence-corrected chi connectivity index (χ1v) is 0. The van der Waals surface area contributed by atoms with Gasteiger partial charge in [0.25, 0.3) is 0 Å². The topological polar surface area (TPSA) is 0 Å². The first kappa shape index (κ1) is 36.7. The molecule has 4 heteroatoms. The molecule has 0 nitrogen and oxygen atoms in total. The van der Waals surface area contributed by atoms with Crippen LogP contribution in [-0.4, -0.2) is 25.8 Å². The zero-order valence-electron chi connectivity index (χ0n) is 1.96. The van der Waals surface area contributed by atoms with Crippen LogP contribution in [0.2, 0.25) is 0 Å². The van der Waals surface area contributed by atoms with E-state index in [0.29, 0.717) is 0 Å². The fourth-order valence-electron chi connectivity index (χ4n) is 0. The van der Waals surface area contributed by atoms with Crippen molar-refractivity contribution < 1.29 is 44.1 Å². The largest absolute Gasteiger partial charge is 0 e. The Hall–Kier alpha value is 2.05. The van der Waals surface area contributed by atoms with Crippen molar-refractivity contribution in [2.75, 3.05) is 0 Å². The van der Waals surface area contributed by atoms with Gasteiger partial charge in [-0.2, -0.15) is 0 Å². The van der Waals surface area contributed by atoms with Gasteiger partial charge in [-0.25, -0.2) is 0 Å². The molecule has 7 radical (unpaired) electrons. The Kier molecular flexibility index (Phi) is 181. The summed E-state index contributed by atoms with van der Waals surface area (Å²) in [5.41, 5.74) is 0. The van der Waals surface area contributed by atoms with Gasteiger partial charge in [-0.15, -0.1) is 0 Å². The van der Waals surface area contributed by atoms with E-state index in [2.05, 4.69) is 0 Å². The van der Waals surface area contributed by atoms with Crippen LogP contribution in [0.1, 0.15) is 0 Å². The molecule has 0 aromatic heterocycles. The third-order valence-electron chi connectivity index (χ3n) is 0. The number of hydrogen-bond acceptors (Lipinski definition) is 0. The fourth-order valence-corrected chi connectivity index (χ4v) is 0. The maximum Gasteiger partial charge on any atom is 0 e. The minimum Gasteiger partial charge on any atom is 0 e. The summed E-state index contributed by atoms with van der Waals surface area (Å²) >= 11 is 0. The fraction of sp³-hybridized carbons (Fsp3) is 0. The van der Waals surface area contributed by atoms with E-state index in [4.69, 9.17) is 0 Å².